The van der Waals surface area contributed by atoms with Gasteiger partial charge in [-0.25, -0.2) is 14.5 Å². The summed E-state index contributed by atoms with van der Waals surface area (Å²) in [6, 6.07) is 3.45. The molecule has 1 aliphatic rings. The normalized spacial score (nSPS) is 14.4. The summed E-state index contributed by atoms with van der Waals surface area (Å²) >= 11 is 0. The molecule has 0 aromatic carbocycles. The van der Waals surface area contributed by atoms with Crippen molar-refractivity contribution in [2.24, 2.45) is 5.73 Å². The Hall–Kier alpha value is -2.90. The van der Waals surface area contributed by atoms with E-state index < -0.39 is 0 Å². The first kappa shape index (κ1) is 12.2. The van der Waals surface area contributed by atoms with Crippen LogP contribution in [0.25, 0.3) is 5.82 Å². The van der Waals surface area contributed by atoms with Crippen LogP contribution < -0.4 is 10.6 Å². The molecule has 1 fully saturated rings. The Labute approximate surface area is 114 Å². The van der Waals surface area contributed by atoms with Gasteiger partial charge < -0.3 is 10.5 Å². The summed E-state index contributed by atoms with van der Waals surface area (Å²) in [5, 5.41) is 11.4. The van der Waals surface area contributed by atoms with Crippen molar-refractivity contribution < 1.29 is 9.53 Å². The fourth-order valence-electron chi connectivity index (χ4n) is 1.92. The van der Waals surface area contributed by atoms with Gasteiger partial charge in [0.2, 0.25) is 0 Å². The number of nitrogens with two attached hydrogens (primary N) is 1. The third kappa shape index (κ3) is 2.07. The third-order valence-electron chi connectivity index (χ3n) is 2.93. The second-order valence-corrected chi connectivity index (χ2v) is 4.23. The lowest BCUT2D eigenvalue weighted by Crippen LogP contribution is -2.23. The number of hydrogen-bond donors (Lipinski definition) is 2. The zero-order valence-electron chi connectivity index (χ0n) is 10.5. The molecular weight excluding hydrogens is 260 g/mol. The van der Waals surface area contributed by atoms with E-state index >= 15 is 0 Å². The van der Waals surface area contributed by atoms with Crippen LogP contribution in [-0.4, -0.2) is 39.8 Å². The largest absolute Gasteiger partial charge is 0.447 e. The van der Waals surface area contributed by atoms with Crippen LogP contribution in [0.15, 0.2) is 30.7 Å². The van der Waals surface area contributed by atoms with Crippen molar-refractivity contribution in [3.8, 4) is 5.82 Å². The van der Waals surface area contributed by atoms with E-state index in [1.807, 2.05) is 0 Å². The maximum absolute atomic E-state index is 11.5. The molecular formula is C12H12N6O2. The number of anilines is 1. The summed E-state index contributed by atoms with van der Waals surface area (Å²) in [5.74, 6) is 0.477. The van der Waals surface area contributed by atoms with Crippen LogP contribution in [0.2, 0.25) is 0 Å². The SMILES string of the molecule is N=C(N)c1cnn(-c2cc(N3CCOC3=O)ccn2)c1. The Morgan fingerprint density at radius 1 is 1.50 bits per heavy atom. The average Bonchev–Trinajstić information content (AvgIpc) is 3.07. The highest BCUT2D eigenvalue weighted by atomic mass is 16.6. The van der Waals surface area contributed by atoms with Gasteiger partial charge in [-0.15, -0.1) is 0 Å². The molecule has 0 atom stereocenters. The topological polar surface area (TPSA) is 110 Å². The number of aromatic nitrogens is 3. The number of hydrogen-bond acceptors (Lipinski definition) is 5. The summed E-state index contributed by atoms with van der Waals surface area (Å²) < 4.78 is 6.40. The Bertz CT molecular complexity index is 680. The van der Waals surface area contributed by atoms with E-state index in [0.29, 0.717) is 30.2 Å². The maximum Gasteiger partial charge on any atom is 0.414 e. The van der Waals surface area contributed by atoms with Gasteiger partial charge in [0.15, 0.2) is 5.82 Å². The van der Waals surface area contributed by atoms with Crippen molar-refractivity contribution in [1.29, 1.82) is 5.41 Å². The van der Waals surface area contributed by atoms with Gasteiger partial charge in [0.05, 0.1) is 24.0 Å². The van der Waals surface area contributed by atoms with Crippen LogP contribution in [0.3, 0.4) is 0 Å². The first-order valence-corrected chi connectivity index (χ1v) is 5.95. The first-order valence-electron chi connectivity index (χ1n) is 5.95. The molecule has 0 saturated carbocycles. The van der Waals surface area contributed by atoms with Crippen molar-refractivity contribution in [3.05, 3.63) is 36.3 Å². The Morgan fingerprint density at radius 3 is 3.00 bits per heavy atom. The van der Waals surface area contributed by atoms with Crippen molar-refractivity contribution >= 4 is 17.6 Å². The van der Waals surface area contributed by atoms with Crippen molar-refractivity contribution in [2.45, 2.75) is 0 Å². The molecule has 0 bridgehead atoms. The van der Waals surface area contributed by atoms with Crippen molar-refractivity contribution in [1.82, 2.24) is 14.8 Å². The van der Waals surface area contributed by atoms with Gasteiger partial charge in [-0.05, 0) is 6.07 Å². The van der Waals surface area contributed by atoms with E-state index in [-0.39, 0.29) is 11.9 Å². The summed E-state index contributed by atoms with van der Waals surface area (Å²) in [7, 11) is 0. The molecule has 1 aliphatic heterocycles. The van der Waals surface area contributed by atoms with Crippen molar-refractivity contribution in [3.63, 3.8) is 0 Å². The van der Waals surface area contributed by atoms with Gasteiger partial charge in [-0.3, -0.25) is 10.3 Å². The van der Waals surface area contributed by atoms with E-state index in [1.165, 1.54) is 15.8 Å². The van der Waals surface area contributed by atoms with Gasteiger partial charge in [0.25, 0.3) is 0 Å². The number of pyridine rings is 1. The second-order valence-electron chi connectivity index (χ2n) is 4.23. The number of rotatable bonds is 3. The lowest BCUT2D eigenvalue weighted by atomic mass is 10.3. The number of carbonyl (C=O) groups excluding carboxylic acids is 1. The molecule has 2 aromatic rings. The van der Waals surface area contributed by atoms with Crippen LogP contribution in [0.1, 0.15) is 5.56 Å². The summed E-state index contributed by atoms with van der Waals surface area (Å²) in [6.45, 7) is 0.896. The number of carbonyl (C=O) groups is 1. The molecule has 3 heterocycles. The molecule has 102 valence electrons. The smallest absolute Gasteiger partial charge is 0.414 e. The highest BCUT2D eigenvalue weighted by molar-refractivity contribution is 5.94. The summed E-state index contributed by atoms with van der Waals surface area (Å²) in [5.41, 5.74) is 6.60. The second kappa shape index (κ2) is 4.65. The molecule has 8 nitrogen and oxygen atoms in total. The average molecular weight is 272 g/mol. The molecule has 1 amide bonds. The maximum atomic E-state index is 11.5. The standard InChI is InChI=1S/C12H12N6O2/c13-11(14)8-6-16-18(7-8)10-5-9(1-2-15-10)17-3-4-20-12(17)19/h1-2,5-7H,3-4H2,(H3,13,14). The highest BCUT2D eigenvalue weighted by Gasteiger charge is 2.23. The Kier molecular flexibility index (Phi) is 2.82. The van der Waals surface area contributed by atoms with Gasteiger partial charge in [-0.1, -0.05) is 0 Å². The Balaban J connectivity index is 1.94. The molecule has 0 unspecified atom stereocenters. The Morgan fingerprint density at radius 2 is 2.35 bits per heavy atom. The highest BCUT2D eigenvalue weighted by Crippen LogP contribution is 2.20. The van der Waals surface area contributed by atoms with Crippen molar-refractivity contribution in [2.75, 3.05) is 18.1 Å². The predicted molar refractivity (Wildman–Crippen MR) is 71.1 cm³/mol. The number of nitrogens with one attached hydrogen (secondary N) is 1. The molecule has 3 N–H and O–H groups in total. The van der Waals surface area contributed by atoms with Crippen LogP contribution in [-0.2, 0) is 4.74 Å². The first-order chi connectivity index (χ1) is 9.65. The zero-order chi connectivity index (χ0) is 14.1. The summed E-state index contributed by atoms with van der Waals surface area (Å²) in [4.78, 5) is 17.2. The minimum absolute atomic E-state index is 0.0597. The van der Waals surface area contributed by atoms with Gasteiger partial charge in [0, 0.05) is 18.5 Å². The molecule has 3 rings (SSSR count). The van der Waals surface area contributed by atoms with Crippen LogP contribution in [0.4, 0.5) is 10.5 Å². The molecule has 0 aliphatic carbocycles. The van der Waals surface area contributed by atoms with E-state index in [0.717, 1.165) is 0 Å². The van der Waals surface area contributed by atoms with Crippen LogP contribution in [0.5, 0.6) is 0 Å². The fourth-order valence-corrected chi connectivity index (χ4v) is 1.92. The lowest BCUT2D eigenvalue weighted by molar-refractivity contribution is 0.181. The van der Waals surface area contributed by atoms with Gasteiger partial charge in [0.1, 0.15) is 12.4 Å². The zero-order valence-corrected chi connectivity index (χ0v) is 10.5. The number of nitrogen functional groups attached to an aromatic ring is 1. The van der Waals surface area contributed by atoms with Crippen LogP contribution in [0, 0.1) is 5.41 Å². The number of amidine groups is 1. The van der Waals surface area contributed by atoms with E-state index in [2.05, 4.69) is 10.1 Å². The minimum atomic E-state index is -0.368. The summed E-state index contributed by atoms with van der Waals surface area (Å²) in [6.07, 6.45) is 4.31. The number of nitrogens with zero attached hydrogens (tertiary/aromatic N) is 4. The van der Waals surface area contributed by atoms with Gasteiger partial charge in [-0.2, -0.15) is 5.10 Å². The molecule has 20 heavy (non-hydrogen) atoms. The third-order valence-corrected chi connectivity index (χ3v) is 2.93. The molecule has 2 aromatic heterocycles. The number of cyclic esters (lactones) is 1. The number of ether oxygens (including phenoxy) is 1. The molecule has 1 saturated heterocycles. The quantitative estimate of drug-likeness (QED) is 0.624. The molecule has 8 heteroatoms. The van der Waals surface area contributed by atoms with Gasteiger partial charge >= 0.3 is 6.09 Å². The fraction of sp³-hybridized carbons (Fsp3) is 0.167. The predicted octanol–water partition coefficient (Wildman–Crippen LogP) is 0.508. The van der Waals surface area contributed by atoms with E-state index in [4.69, 9.17) is 15.9 Å². The minimum Gasteiger partial charge on any atom is -0.447 e. The van der Waals surface area contributed by atoms with Crippen LogP contribution >= 0.6 is 0 Å². The number of amides is 1. The monoisotopic (exact) mass is 272 g/mol. The van der Waals surface area contributed by atoms with E-state index in [1.54, 1.807) is 24.5 Å². The molecule has 0 spiro atoms. The van der Waals surface area contributed by atoms with E-state index in [9.17, 15) is 4.79 Å². The lowest BCUT2D eigenvalue weighted by Gasteiger charge is -2.13. The molecule has 0 radical (unpaired) electrons.